The van der Waals surface area contributed by atoms with Crippen LogP contribution in [-0.4, -0.2) is 19.9 Å². The third-order valence-corrected chi connectivity index (χ3v) is 1.34. The standard InChI is InChI=1S/C8H6N4O/c1(2-8-10-3-4-13-8)7-11-5-9-6-12-7/h1-6H/b2-1+. The minimum atomic E-state index is 0.528. The first-order valence-corrected chi connectivity index (χ1v) is 3.65. The van der Waals surface area contributed by atoms with E-state index in [0.717, 1.165) is 0 Å². The second-order valence-corrected chi connectivity index (χ2v) is 2.20. The van der Waals surface area contributed by atoms with E-state index in [1.807, 2.05) is 0 Å². The van der Waals surface area contributed by atoms with Crippen LogP contribution in [0.4, 0.5) is 0 Å². The lowest BCUT2D eigenvalue weighted by atomic mass is 10.4. The quantitative estimate of drug-likeness (QED) is 0.680. The van der Waals surface area contributed by atoms with Crippen LogP contribution >= 0.6 is 0 Å². The average molecular weight is 174 g/mol. The lowest BCUT2D eigenvalue weighted by molar-refractivity contribution is 0.547. The summed E-state index contributed by atoms with van der Waals surface area (Å²) in [5.41, 5.74) is 0. The van der Waals surface area contributed by atoms with Crippen molar-refractivity contribution in [3.8, 4) is 0 Å². The van der Waals surface area contributed by atoms with Gasteiger partial charge in [0, 0.05) is 6.08 Å². The van der Waals surface area contributed by atoms with Crippen molar-refractivity contribution in [2.24, 2.45) is 0 Å². The van der Waals surface area contributed by atoms with Crippen LogP contribution in [0, 0.1) is 0 Å². The second kappa shape index (κ2) is 3.57. The summed E-state index contributed by atoms with van der Waals surface area (Å²) in [6, 6.07) is 0. The van der Waals surface area contributed by atoms with Crippen molar-refractivity contribution < 1.29 is 4.42 Å². The predicted octanol–water partition coefficient (Wildman–Crippen LogP) is 1.03. The van der Waals surface area contributed by atoms with Gasteiger partial charge in [-0.2, -0.15) is 0 Å². The Balaban J connectivity index is 2.15. The molecule has 0 radical (unpaired) electrons. The Morgan fingerprint density at radius 2 is 1.92 bits per heavy atom. The van der Waals surface area contributed by atoms with E-state index in [2.05, 4.69) is 19.9 Å². The highest BCUT2D eigenvalue weighted by atomic mass is 16.3. The molecule has 0 bridgehead atoms. The number of aromatic nitrogens is 4. The Kier molecular flexibility index (Phi) is 2.09. The van der Waals surface area contributed by atoms with Gasteiger partial charge in [0.2, 0.25) is 5.89 Å². The molecule has 2 aromatic rings. The van der Waals surface area contributed by atoms with Crippen molar-refractivity contribution in [2.75, 3.05) is 0 Å². The molecule has 0 aromatic carbocycles. The van der Waals surface area contributed by atoms with Crippen LogP contribution in [0.2, 0.25) is 0 Å². The van der Waals surface area contributed by atoms with Gasteiger partial charge < -0.3 is 4.42 Å². The molecule has 64 valence electrons. The summed E-state index contributed by atoms with van der Waals surface area (Å²) >= 11 is 0. The summed E-state index contributed by atoms with van der Waals surface area (Å²) in [6.45, 7) is 0. The number of hydrogen-bond acceptors (Lipinski definition) is 5. The number of oxazole rings is 1. The Morgan fingerprint density at radius 3 is 2.62 bits per heavy atom. The second-order valence-electron chi connectivity index (χ2n) is 2.20. The Labute approximate surface area is 74.2 Å². The van der Waals surface area contributed by atoms with Crippen LogP contribution in [0.1, 0.15) is 11.7 Å². The zero-order valence-electron chi connectivity index (χ0n) is 6.66. The fraction of sp³-hybridized carbons (Fsp3) is 0. The van der Waals surface area contributed by atoms with Gasteiger partial charge in [-0.05, 0) is 6.08 Å². The van der Waals surface area contributed by atoms with E-state index in [-0.39, 0.29) is 0 Å². The summed E-state index contributed by atoms with van der Waals surface area (Å²) in [5.74, 6) is 1.11. The summed E-state index contributed by atoms with van der Waals surface area (Å²) in [7, 11) is 0. The molecular weight excluding hydrogens is 168 g/mol. The highest BCUT2D eigenvalue weighted by Crippen LogP contribution is 2.00. The van der Waals surface area contributed by atoms with Crippen molar-refractivity contribution in [1.29, 1.82) is 0 Å². The molecule has 0 spiro atoms. The Hall–Kier alpha value is -2.04. The van der Waals surface area contributed by atoms with Crippen molar-refractivity contribution in [3.05, 3.63) is 36.8 Å². The van der Waals surface area contributed by atoms with Gasteiger partial charge in [-0.15, -0.1) is 0 Å². The molecule has 0 fully saturated rings. The van der Waals surface area contributed by atoms with Crippen LogP contribution in [0.3, 0.4) is 0 Å². The summed E-state index contributed by atoms with van der Waals surface area (Å²) < 4.78 is 4.99. The first kappa shape index (κ1) is 7.60. The third-order valence-electron chi connectivity index (χ3n) is 1.34. The lowest BCUT2D eigenvalue weighted by Crippen LogP contribution is -1.85. The van der Waals surface area contributed by atoms with E-state index in [1.165, 1.54) is 18.9 Å². The minimum Gasteiger partial charge on any atom is -0.445 e. The van der Waals surface area contributed by atoms with Gasteiger partial charge >= 0.3 is 0 Å². The van der Waals surface area contributed by atoms with Crippen molar-refractivity contribution in [1.82, 2.24) is 19.9 Å². The van der Waals surface area contributed by atoms with Crippen LogP contribution in [0.5, 0.6) is 0 Å². The number of hydrogen-bond donors (Lipinski definition) is 0. The maximum Gasteiger partial charge on any atom is 0.218 e. The molecule has 0 atom stereocenters. The topological polar surface area (TPSA) is 64.7 Å². The molecule has 13 heavy (non-hydrogen) atoms. The molecular formula is C8H6N4O. The maximum absolute atomic E-state index is 4.99. The van der Waals surface area contributed by atoms with Crippen LogP contribution in [-0.2, 0) is 0 Å². The smallest absolute Gasteiger partial charge is 0.218 e. The predicted molar refractivity (Wildman–Crippen MR) is 45.3 cm³/mol. The zero-order valence-corrected chi connectivity index (χ0v) is 6.66. The van der Waals surface area contributed by atoms with E-state index in [9.17, 15) is 0 Å². The molecule has 0 amide bonds. The monoisotopic (exact) mass is 174 g/mol. The van der Waals surface area contributed by atoms with Gasteiger partial charge in [0.1, 0.15) is 18.9 Å². The molecule has 2 rings (SSSR count). The normalized spacial score (nSPS) is 10.8. The molecule has 0 aliphatic heterocycles. The van der Waals surface area contributed by atoms with Gasteiger partial charge in [0.15, 0.2) is 5.82 Å². The molecule has 0 N–H and O–H groups in total. The fourth-order valence-electron chi connectivity index (χ4n) is 0.797. The molecule has 0 aliphatic rings. The molecule has 0 unspecified atom stereocenters. The average Bonchev–Trinajstić information content (AvgIpc) is 2.69. The third kappa shape index (κ3) is 1.96. The van der Waals surface area contributed by atoms with Crippen LogP contribution < -0.4 is 0 Å². The maximum atomic E-state index is 4.99. The first-order valence-electron chi connectivity index (χ1n) is 3.65. The van der Waals surface area contributed by atoms with E-state index in [4.69, 9.17) is 4.42 Å². The highest BCUT2D eigenvalue weighted by Gasteiger charge is 1.90. The number of nitrogens with zero attached hydrogens (tertiary/aromatic N) is 4. The number of rotatable bonds is 2. The SMILES string of the molecule is C(=C\c1ncco1)/c1ncncn1. The highest BCUT2D eigenvalue weighted by molar-refractivity contribution is 5.61. The van der Waals surface area contributed by atoms with Crippen LogP contribution in [0.15, 0.2) is 29.5 Å². The molecule has 0 saturated carbocycles. The Bertz CT molecular complexity index is 382. The van der Waals surface area contributed by atoms with E-state index >= 15 is 0 Å². The first-order chi connectivity index (χ1) is 6.45. The van der Waals surface area contributed by atoms with Gasteiger partial charge in [0.25, 0.3) is 0 Å². The van der Waals surface area contributed by atoms with Crippen LogP contribution in [0.25, 0.3) is 12.2 Å². The fourth-order valence-corrected chi connectivity index (χ4v) is 0.797. The Morgan fingerprint density at radius 1 is 1.08 bits per heavy atom. The molecule has 2 heterocycles. The van der Waals surface area contributed by atoms with Gasteiger partial charge in [-0.1, -0.05) is 0 Å². The molecule has 5 nitrogen and oxygen atoms in total. The van der Waals surface area contributed by atoms with Crippen molar-refractivity contribution in [3.63, 3.8) is 0 Å². The van der Waals surface area contributed by atoms with E-state index < -0.39 is 0 Å². The largest absolute Gasteiger partial charge is 0.445 e. The van der Waals surface area contributed by atoms with Crippen molar-refractivity contribution in [2.45, 2.75) is 0 Å². The zero-order chi connectivity index (χ0) is 8.93. The summed E-state index contributed by atoms with van der Waals surface area (Å²) in [4.78, 5) is 15.4. The molecule has 5 heteroatoms. The minimum absolute atomic E-state index is 0.528. The lowest BCUT2D eigenvalue weighted by Gasteiger charge is -1.86. The molecule has 2 aromatic heterocycles. The molecule has 0 aliphatic carbocycles. The van der Waals surface area contributed by atoms with Gasteiger partial charge in [0.05, 0.1) is 6.20 Å². The summed E-state index contributed by atoms with van der Waals surface area (Å²) in [6.07, 6.45) is 9.34. The van der Waals surface area contributed by atoms with Gasteiger partial charge in [-0.3, -0.25) is 0 Å². The summed E-state index contributed by atoms with van der Waals surface area (Å²) in [5, 5.41) is 0. The van der Waals surface area contributed by atoms with E-state index in [0.29, 0.717) is 11.7 Å². The van der Waals surface area contributed by atoms with Gasteiger partial charge in [-0.25, -0.2) is 19.9 Å². The molecule has 0 saturated heterocycles. The van der Waals surface area contributed by atoms with E-state index in [1.54, 1.807) is 18.3 Å². The van der Waals surface area contributed by atoms with Crippen molar-refractivity contribution >= 4 is 12.2 Å².